The highest BCUT2D eigenvalue weighted by atomic mass is 16.2. The second-order valence-corrected chi connectivity index (χ2v) is 8.43. The highest BCUT2D eigenvalue weighted by Gasteiger charge is 2.33. The molecule has 2 aliphatic rings. The molecule has 6 nitrogen and oxygen atoms in total. The van der Waals surface area contributed by atoms with Gasteiger partial charge in [-0.05, 0) is 57.4 Å². The van der Waals surface area contributed by atoms with E-state index in [1.807, 2.05) is 19.2 Å². The van der Waals surface area contributed by atoms with Crippen molar-refractivity contribution in [1.82, 2.24) is 14.9 Å². The number of carbonyl (C=O) groups is 1. The normalized spacial score (nSPS) is 20.8. The highest BCUT2D eigenvalue weighted by Crippen LogP contribution is 2.26. The summed E-state index contributed by atoms with van der Waals surface area (Å²) in [5.74, 6) is 1.23. The van der Waals surface area contributed by atoms with Crippen molar-refractivity contribution in [3.63, 3.8) is 0 Å². The SMILES string of the molecule is Cc1cccc(N2CCN(C(=O)C3CCN(c4nccc(C)n4)CC3)C[C@H]2C)c1. The van der Waals surface area contributed by atoms with Gasteiger partial charge in [-0.15, -0.1) is 0 Å². The number of rotatable bonds is 3. The number of aromatic nitrogens is 2. The molecule has 0 bridgehead atoms. The molecule has 2 aliphatic heterocycles. The molecule has 2 aromatic rings. The van der Waals surface area contributed by atoms with Crippen molar-refractivity contribution >= 4 is 17.5 Å². The smallest absolute Gasteiger partial charge is 0.225 e. The first-order chi connectivity index (χ1) is 14.0. The van der Waals surface area contributed by atoms with Crippen LogP contribution in [-0.4, -0.2) is 59.5 Å². The third-order valence-electron chi connectivity index (χ3n) is 6.18. The van der Waals surface area contributed by atoms with Crippen LogP contribution in [0.15, 0.2) is 36.5 Å². The van der Waals surface area contributed by atoms with E-state index < -0.39 is 0 Å². The molecule has 0 saturated carbocycles. The van der Waals surface area contributed by atoms with E-state index in [1.54, 1.807) is 0 Å². The number of hydrogen-bond acceptors (Lipinski definition) is 5. The molecule has 1 aromatic carbocycles. The van der Waals surface area contributed by atoms with E-state index in [0.29, 0.717) is 11.9 Å². The van der Waals surface area contributed by atoms with Crippen LogP contribution in [-0.2, 0) is 4.79 Å². The van der Waals surface area contributed by atoms with Gasteiger partial charge >= 0.3 is 0 Å². The fourth-order valence-corrected chi connectivity index (χ4v) is 4.52. The summed E-state index contributed by atoms with van der Waals surface area (Å²) in [6.07, 6.45) is 3.56. The van der Waals surface area contributed by atoms with Crippen molar-refractivity contribution in [2.45, 2.75) is 39.7 Å². The summed E-state index contributed by atoms with van der Waals surface area (Å²) in [6, 6.07) is 10.9. The van der Waals surface area contributed by atoms with Gasteiger partial charge in [-0.2, -0.15) is 0 Å². The third-order valence-corrected chi connectivity index (χ3v) is 6.18. The molecule has 29 heavy (non-hydrogen) atoms. The zero-order valence-corrected chi connectivity index (χ0v) is 17.7. The number of nitrogens with zero attached hydrogens (tertiary/aromatic N) is 5. The molecule has 2 saturated heterocycles. The van der Waals surface area contributed by atoms with Gasteiger partial charge in [-0.1, -0.05) is 12.1 Å². The maximum absolute atomic E-state index is 13.2. The van der Waals surface area contributed by atoms with Gasteiger partial charge in [0.2, 0.25) is 11.9 Å². The number of aryl methyl sites for hydroxylation is 2. The molecule has 0 unspecified atom stereocenters. The summed E-state index contributed by atoms with van der Waals surface area (Å²) >= 11 is 0. The summed E-state index contributed by atoms with van der Waals surface area (Å²) < 4.78 is 0. The molecule has 1 amide bonds. The maximum Gasteiger partial charge on any atom is 0.225 e. The van der Waals surface area contributed by atoms with Crippen molar-refractivity contribution in [2.75, 3.05) is 42.5 Å². The third kappa shape index (κ3) is 4.36. The van der Waals surface area contributed by atoms with Gasteiger partial charge in [0.05, 0.1) is 0 Å². The predicted octanol–water partition coefficient (Wildman–Crippen LogP) is 3.05. The first-order valence-electron chi connectivity index (χ1n) is 10.7. The fraction of sp³-hybridized carbons (Fsp3) is 0.522. The van der Waals surface area contributed by atoms with E-state index in [4.69, 9.17) is 0 Å². The minimum Gasteiger partial charge on any atom is -0.365 e. The Bertz CT molecular complexity index is 862. The van der Waals surface area contributed by atoms with Crippen molar-refractivity contribution in [2.24, 2.45) is 5.92 Å². The molecule has 4 rings (SSSR count). The summed E-state index contributed by atoms with van der Waals surface area (Å²) in [5.41, 5.74) is 3.52. The molecule has 0 spiro atoms. The number of benzene rings is 1. The predicted molar refractivity (Wildman–Crippen MR) is 116 cm³/mol. The van der Waals surface area contributed by atoms with Gasteiger partial charge < -0.3 is 14.7 Å². The van der Waals surface area contributed by atoms with Crippen LogP contribution in [0.3, 0.4) is 0 Å². The summed E-state index contributed by atoms with van der Waals surface area (Å²) in [7, 11) is 0. The monoisotopic (exact) mass is 393 g/mol. The van der Waals surface area contributed by atoms with Gasteiger partial charge in [0.1, 0.15) is 0 Å². The number of piperazine rings is 1. The average molecular weight is 394 g/mol. The quantitative estimate of drug-likeness (QED) is 0.802. The first kappa shape index (κ1) is 19.7. The lowest BCUT2D eigenvalue weighted by atomic mass is 9.94. The Hall–Kier alpha value is -2.63. The lowest BCUT2D eigenvalue weighted by molar-refractivity contribution is -0.137. The molecular weight excluding hydrogens is 362 g/mol. The lowest BCUT2D eigenvalue weighted by Crippen LogP contribution is -2.55. The summed E-state index contributed by atoms with van der Waals surface area (Å²) in [4.78, 5) is 28.8. The molecule has 0 aliphatic carbocycles. The Labute approximate surface area is 173 Å². The van der Waals surface area contributed by atoms with Gasteiger partial charge in [0, 0.05) is 62.3 Å². The van der Waals surface area contributed by atoms with Crippen LogP contribution in [0, 0.1) is 19.8 Å². The van der Waals surface area contributed by atoms with Crippen LogP contribution < -0.4 is 9.80 Å². The van der Waals surface area contributed by atoms with Crippen LogP contribution >= 0.6 is 0 Å². The zero-order valence-electron chi connectivity index (χ0n) is 17.7. The summed E-state index contributed by atoms with van der Waals surface area (Å²) in [5, 5.41) is 0. The Morgan fingerprint density at radius 2 is 1.86 bits per heavy atom. The van der Waals surface area contributed by atoms with Crippen LogP contribution in [0.4, 0.5) is 11.6 Å². The van der Waals surface area contributed by atoms with E-state index in [1.165, 1.54) is 11.3 Å². The van der Waals surface area contributed by atoms with Crippen LogP contribution in [0.2, 0.25) is 0 Å². The van der Waals surface area contributed by atoms with E-state index in [-0.39, 0.29) is 5.92 Å². The van der Waals surface area contributed by atoms with E-state index >= 15 is 0 Å². The molecular formula is C23H31N5O. The Morgan fingerprint density at radius 3 is 2.55 bits per heavy atom. The standard InChI is InChI=1S/C23H31N5O/c1-17-5-4-6-21(15-17)28-14-13-27(16-19(28)3)22(29)20-8-11-26(12-9-20)23-24-10-7-18(2)25-23/h4-7,10,15,19-20H,8-9,11-14,16H2,1-3H3/t19-/m1/s1. The van der Waals surface area contributed by atoms with Crippen molar-refractivity contribution < 1.29 is 4.79 Å². The van der Waals surface area contributed by atoms with Gasteiger partial charge in [0.25, 0.3) is 0 Å². The Kier molecular flexibility index (Phi) is 5.69. The Morgan fingerprint density at radius 1 is 1.07 bits per heavy atom. The maximum atomic E-state index is 13.2. The first-order valence-corrected chi connectivity index (χ1v) is 10.7. The van der Waals surface area contributed by atoms with Gasteiger partial charge in [-0.3, -0.25) is 4.79 Å². The molecule has 154 valence electrons. The van der Waals surface area contributed by atoms with Gasteiger partial charge in [0.15, 0.2) is 0 Å². The number of piperidine rings is 1. The van der Waals surface area contributed by atoms with E-state index in [0.717, 1.165) is 57.2 Å². The van der Waals surface area contributed by atoms with Crippen LogP contribution in [0.1, 0.15) is 31.0 Å². The molecule has 0 N–H and O–H groups in total. The molecule has 6 heteroatoms. The lowest BCUT2D eigenvalue weighted by Gasteiger charge is -2.43. The van der Waals surface area contributed by atoms with Gasteiger partial charge in [-0.25, -0.2) is 9.97 Å². The molecule has 2 fully saturated rings. The van der Waals surface area contributed by atoms with Crippen LogP contribution in [0.25, 0.3) is 0 Å². The topological polar surface area (TPSA) is 52.6 Å². The minimum atomic E-state index is 0.119. The number of hydrogen-bond donors (Lipinski definition) is 0. The average Bonchev–Trinajstić information content (AvgIpc) is 2.73. The van der Waals surface area contributed by atoms with Crippen molar-refractivity contribution in [3.05, 3.63) is 47.8 Å². The molecule has 3 heterocycles. The summed E-state index contributed by atoms with van der Waals surface area (Å²) in [6.45, 7) is 10.5. The second-order valence-electron chi connectivity index (χ2n) is 8.43. The van der Waals surface area contributed by atoms with Crippen molar-refractivity contribution in [3.8, 4) is 0 Å². The van der Waals surface area contributed by atoms with E-state index in [9.17, 15) is 4.79 Å². The Balaban J connectivity index is 1.33. The number of amides is 1. The largest absolute Gasteiger partial charge is 0.365 e. The minimum absolute atomic E-state index is 0.119. The fourth-order valence-electron chi connectivity index (χ4n) is 4.52. The van der Waals surface area contributed by atoms with E-state index in [2.05, 4.69) is 62.8 Å². The number of anilines is 2. The number of carbonyl (C=O) groups excluding carboxylic acids is 1. The second kappa shape index (κ2) is 8.39. The zero-order chi connectivity index (χ0) is 20.4. The highest BCUT2D eigenvalue weighted by molar-refractivity contribution is 5.79. The van der Waals surface area contributed by atoms with Crippen molar-refractivity contribution in [1.29, 1.82) is 0 Å². The molecule has 1 atom stereocenters. The molecule has 1 aromatic heterocycles. The van der Waals surface area contributed by atoms with Crippen LogP contribution in [0.5, 0.6) is 0 Å². The molecule has 0 radical (unpaired) electrons.